The number of aromatic nitrogens is 2. The molecule has 6 heteroatoms. The number of anilines is 4. The zero-order chi connectivity index (χ0) is 18.4. The van der Waals surface area contributed by atoms with Crippen LogP contribution < -0.4 is 16.0 Å². The Balaban J connectivity index is 1.68. The summed E-state index contributed by atoms with van der Waals surface area (Å²) in [6, 6.07) is 19.5. The predicted octanol–water partition coefficient (Wildman–Crippen LogP) is 4.10. The van der Waals surface area contributed by atoms with Crippen molar-refractivity contribution in [3.63, 3.8) is 0 Å². The second kappa shape index (κ2) is 8.11. The Kier molecular flexibility index (Phi) is 5.43. The van der Waals surface area contributed by atoms with E-state index < -0.39 is 0 Å². The monoisotopic (exact) mass is 347 g/mol. The maximum absolute atomic E-state index is 11.1. The van der Waals surface area contributed by atoms with Gasteiger partial charge in [0.25, 0.3) is 0 Å². The van der Waals surface area contributed by atoms with E-state index in [0.29, 0.717) is 18.3 Å². The Morgan fingerprint density at radius 1 is 0.962 bits per heavy atom. The molecule has 0 fully saturated rings. The van der Waals surface area contributed by atoms with Gasteiger partial charge in [-0.15, -0.1) is 0 Å². The Bertz CT molecular complexity index is 878. The number of aryl methyl sites for hydroxylation is 1. The molecule has 0 atom stereocenters. The number of nitrogens with zero attached hydrogens (tertiary/aromatic N) is 2. The number of amides is 1. The number of carbonyl (C=O) groups is 1. The van der Waals surface area contributed by atoms with E-state index in [-0.39, 0.29) is 5.91 Å². The van der Waals surface area contributed by atoms with E-state index in [0.717, 1.165) is 17.1 Å². The lowest BCUT2D eigenvalue weighted by Gasteiger charge is -2.11. The smallest absolute Gasteiger partial charge is 0.225 e. The van der Waals surface area contributed by atoms with Crippen molar-refractivity contribution >= 4 is 29.0 Å². The lowest BCUT2D eigenvalue weighted by molar-refractivity contribution is -0.114. The molecule has 0 saturated heterocycles. The zero-order valence-electron chi connectivity index (χ0n) is 14.8. The van der Waals surface area contributed by atoms with Gasteiger partial charge < -0.3 is 16.0 Å². The molecule has 2 aromatic carbocycles. The fourth-order valence-corrected chi connectivity index (χ4v) is 2.48. The van der Waals surface area contributed by atoms with Crippen LogP contribution in [0.3, 0.4) is 0 Å². The van der Waals surface area contributed by atoms with Crippen molar-refractivity contribution in [3.8, 4) is 0 Å². The average molecular weight is 347 g/mol. The van der Waals surface area contributed by atoms with Crippen LogP contribution >= 0.6 is 0 Å². The van der Waals surface area contributed by atoms with Gasteiger partial charge in [0.15, 0.2) is 0 Å². The van der Waals surface area contributed by atoms with Gasteiger partial charge in [0.05, 0.1) is 0 Å². The van der Waals surface area contributed by atoms with Gasteiger partial charge in [-0.2, -0.15) is 4.98 Å². The van der Waals surface area contributed by atoms with Crippen molar-refractivity contribution in [2.75, 3.05) is 16.0 Å². The molecule has 0 radical (unpaired) electrons. The van der Waals surface area contributed by atoms with Gasteiger partial charge in [-0.1, -0.05) is 30.3 Å². The third-order valence-corrected chi connectivity index (χ3v) is 3.63. The van der Waals surface area contributed by atoms with Crippen molar-refractivity contribution in [1.82, 2.24) is 9.97 Å². The van der Waals surface area contributed by atoms with E-state index in [1.54, 1.807) is 0 Å². The lowest BCUT2D eigenvalue weighted by atomic mass is 10.2. The third kappa shape index (κ3) is 5.04. The minimum atomic E-state index is -0.0914. The highest BCUT2D eigenvalue weighted by molar-refractivity contribution is 5.88. The summed E-state index contributed by atoms with van der Waals surface area (Å²) >= 11 is 0. The summed E-state index contributed by atoms with van der Waals surface area (Å²) < 4.78 is 0. The Hall–Kier alpha value is -3.41. The highest BCUT2D eigenvalue weighted by Crippen LogP contribution is 2.19. The average Bonchev–Trinajstić information content (AvgIpc) is 2.62. The number of benzene rings is 2. The number of hydrogen-bond acceptors (Lipinski definition) is 5. The molecule has 6 nitrogen and oxygen atoms in total. The molecule has 0 bridgehead atoms. The maximum Gasteiger partial charge on any atom is 0.225 e. The molecule has 0 aliphatic heterocycles. The summed E-state index contributed by atoms with van der Waals surface area (Å²) in [5.41, 5.74) is 3.67. The number of carbonyl (C=O) groups excluding carboxylic acids is 1. The second-order valence-corrected chi connectivity index (χ2v) is 5.94. The standard InChI is InChI=1S/C20H21N5O/c1-14-12-19(24-18-10-8-17(9-11-18)23-15(2)26)25-20(22-14)21-13-16-6-4-3-5-7-16/h3-12H,13H2,1-2H3,(H,23,26)(H2,21,22,24,25). The molecule has 1 heterocycles. The molecule has 0 unspecified atom stereocenters. The van der Waals surface area contributed by atoms with Crippen LogP contribution in [0.15, 0.2) is 60.7 Å². The summed E-state index contributed by atoms with van der Waals surface area (Å²) in [5, 5.41) is 9.25. The van der Waals surface area contributed by atoms with Crippen LogP contribution in [0.5, 0.6) is 0 Å². The number of rotatable bonds is 6. The molecule has 0 aliphatic carbocycles. The quantitative estimate of drug-likeness (QED) is 0.626. The number of nitrogens with one attached hydrogen (secondary N) is 3. The molecule has 3 rings (SSSR count). The summed E-state index contributed by atoms with van der Waals surface area (Å²) in [6.07, 6.45) is 0. The molecule has 132 valence electrons. The van der Waals surface area contributed by atoms with Crippen LogP contribution in [0.1, 0.15) is 18.2 Å². The van der Waals surface area contributed by atoms with E-state index in [2.05, 4.69) is 38.1 Å². The molecular weight excluding hydrogens is 326 g/mol. The molecule has 26 heavy (non-hydrogen) atoms. The largest absolute Gasteiger partial charge is 0.350 e. The van der Waals surface area contributed by atoms with Gasteiger partial charge in [-0.05, 0) is 36.8 Å². The Morgan fingerprint density at radius 3 is 2.35 bits per heavy atom. The van der Waals surface area contributed by atoms with Gasteiger partial charge in [0.2, 0.25) is 11.9 Å². The number of hydrogen-bond donors (Lipinski definition) is 3. The van der Waals surface area contributed by atoms with Gasteiger partial charge >= 0.3 is 0 Å². The van der Waals surface area contributed by atoms with E-state index in [4.69, 9.17) is 0 Å². The summed E-state index contributed by atoms with van der Waals surface area (Å²) in [4.78, 5) is 20.0. The summed E-state index contributed by atoms with van der Waals surface area (Å²) in [6.45, 7) is 4.08. The van der Waals surface area contributed by atoms with E-state index >= 15 is 0 Å². The summed E-state index contributed by atoms with van der Waals surface area (Å²) in [5.74, 6) is 1.19. The predicted molar refractivity (Wildman–Crippen MR) is 105 cm³/mol. The normalized spacial score (nSPS) is 10.2. The molecule has 3 N–H and O–H groups in total. The first-order chi connectivity index (χ1) is 12.6. The molecule has 1 amide bonds. The maximum atomic E-state index is 11.1. The van der Waals surface area contributed by atoms with Gasteiger partial charge in [0.1, 0.15) is 5.82 Å². The first kappa shape index (κ1) is 17.4. The van der Waals surface area contributed by atoms with Crippen molar-refractivity contribution in [2.45, 2.75) is 20.4 Å². The lowest BCUT2D eigenvalue weighted by Crippen LogP contribution is -2.07. The fraction of sp³-hybridized carbons (Fsp3) is 0.150. The Morgan fingerprint density at radius 2 is 1.65 bits per heavy atom. The van der Waals surface area contributed by atoms with E-state index in [1.165, 1.54) is 12.5 Å². The van der Waals surface area contributed by atoms with Gasteiger partial charge in [-0.25, -0.2) is 4.98 Å². The van der Waals surface area contributed by atoms with Crippen molar-refractivity contribution in [2.24, 2.45) is 0 Å². The molecule has 0 aliphatic rings. The molecule has 0 saturated carbocycles. The van der Waals surface area contributed by atoms with E-state index in [1.807, 2.05) is 55.5 Å². The van der Waals surface area contributed by atoms with Crippen LogP contribution in [-0.4, -0.2) is 15.9 Å². The molecule has 0 spiro atoms. The highest BCUT2D eigenvalue weighted by Gasteiger charge is 2.04. The molecule has 3 aromatic rings. The van der Waals surface area contributed by atoms with Crippen LogP contribution in [-0.2, 0) is 11.3 Å². The van der Waals surface area contributed by atoms with E-state index in [9.17, 15) is 4.79 Å². The highest BCUT2D eigenvalue weighted by atomic mass is 16.1. The molecular formula is C20H21N5O. The van der Waals surface area contributed by atoms with Crippen LogP contribution in [0.25, 0.3) is 0 Å². The topological polar surface area (TPSA) is 78.9 Å². The second-order valence-electron chi connectivity index (χ2n) is 5.94. The summed E-state index contributed by atoms with van der Waals surface area (Å²) in [7, 11) is 0. The first-order valence-electron chi connectivity index (χ1n) is 8.37. The fourth-order valence-electron chi connectivity index (χ4n) is 2.48. The molecule has 1 aromatic heterocycles. The minimum Gasteiger partial charge on any atom is -0.350 e. The van der Waals surface area contributed by atoms with Crippen molar-refractivity contribution in [1.29, 1.82) is 0 Å². The first-order valence-corrected chi connectivity index (χ1v) is 8.37. The van der Waals surface area contributed by atoms with Crippen molar-refractivity contribution < 1.29 is 4.79 Å². The van der Waals surface area contributed by atoms with Gasteiger partial charge in [-0.3, -0.25) is 4.79 Å². The van der Waals surface area contributed by atoms with Crippen LogP contribution in [0.4, 0.5) is 23.1 Å². The zero-order valence-corrected chi connectivity index (χ0v) is 14.8. The minimum absolute atomic E-state index is 0.0914. The third-order valence-electron chi connectivity index (χ3n) is 3.63. The SMILES string of the molecule is CC(=O)Nc1ccc(Nc2cc(C)nc(NCc3ccccc3)n2)cc1. The Labute approximate surface area is 152 Å². The van der Waals surface area contributed by atoms with Gasteiger partial charge in [0, 0.05) is 36.6 Å². The van der Waals surface area contributed by atoms with Crippen LogP contribution in [0, 0.1) is 6.92 Å². The van der Waals surface area contributed by atoms with Crippen LogP contribution in [0.2, 0.25) is 0 Å². The van der Waals surface area contributed by atoms with Crippen molar-refractivity contribution in [3.05, 3.63) is 71.9 Å².